The quantitative estimate of drug-likeness (QED) is 0.786. The lowest BCUT2D eigenvalue weighted by Crippen LogP contribution is -2.60. The molecule has 6 heteroatoms. The van der Waals surface area contributed by atoms with Crippen LogP contribution in [0.1, 0.15) is 13.8 Å². The summed E-state index contributed by atoms with van der Waals surface area (Å²) in [4.78, 5) is 25.7. The molecule has 2 amide bonds. The Balaban J connectivity index is 2.37. The van der Waals surface area contributed by atoms with Gasteiger partial charge in [0, 0.05) is 8.59 Å². The molecule has 1 unspecified atom stereocenters. The normalized spacial score (nSPS) is 19.8. The molecule has 1 aliphatic rings. The van der Waals surface area contributed by atoms with Gasteiger partial charge in [0.2, 0.25) is 11.8 Å². The van der Waals surface area contributed by atoms with Crippen molar-refractivity contribution in [2.24, 2.45) is 5.92 Å². The zero-order valence-electron chi connectivity index (χ0n) is 10.6. The molecule has 0 bridgehead atoms. The third-order valence-electron chi connectivity index (χ3n) is 3.02. The third kappa shape index (κ3) is 3.02. The van der Waals surface area contributed by atoms with Gasteiger partial charge in [-0.15, -0.1) is 0 Å². The maximum atomic E-state index is 12.4. The van der Waals surface area contributed by atoms with Crippen LogP contribution in [0, 0.1) is 9.49 Å². The zero-order valence-corrected chi connectivity index (χ0v) is 13.5. The lowest BCUT2D eigenvalue weighted by molar-refractivity contribution is -0.132. The first-order valence-electron chi connectivity index (χ1n) is 5.96. The van der Waals surface area contributed by atoms with E-state index in [9.17, 15) is 9.59 Å². The maximum Gasteiger partial charge on any atom is 0.250 e. The van der Waals surface area contributed by atoms with Crippen LogP contribution in [0.15, 0.2) is 18.2 Å². The molecule has 1 fully saturated rings. The number of nitrogens with zero attached hydrogens (tertiary/aromatic N) is 1. The van der Waals surface area contributed by atoms with Gasteiger partial charge in [-0.3, -0.25) is 9.59 Å². The Morgan fingerprint density at radius 1 is 1.42 bits per heavy atom. The van der Waals surface area contributed by atoms with E-state index < -0.39 is 6.04 Å². The molecule has 4 nitrogen and oxygen atoms in total. The van der Waals surface area contributed by atoms with Gasteiger partial charge in [0.1, 0.15) is 12.6 Å². The lowest BCUT2D eigenvalue weighted by atomic mass is 10.0. The summed E-state index contributed by atoms with van der Waals surface area (Å²) in [5.41, 5.74) is 0.732. The van der Waals surface area contributed by atoms with Crippen LogP contribution in [0.4, 0.5) is 5.69 Å². The smallest absolute Gasteiger partial charge is 0.250 e. The van der Waals surface area contributed by atoms with Crippen molar-refractivity contribution in [2.75, 3.05) is 11.4 Å². The first-order valence-corrected chi connectivity index (χ1v) is 7.41. The summed E-state index contributed by atoms with van der Waals surface area (Å²) < 4.78 is 0.857. The van der Waals surface area contributed by atoms with E-state index >= 15 is 0 Å². The lowest BCUT2D eigenvalue weighted by Gasteiger charge is -2.34. The largest absolute Gasteiger partial charge is 0.342 e. The minimum Gasteiger partial charge on any atom is -0.342 e. The van der Waals surface area contributed by atoms with E-state index in [0.717, 1.165) is 9.26 Å². The number of amides is 2. The molecule has 102 valence electrons. The van der Waals surface area contributed by atoms with Crippen molar-refractivity contribution in [3.8, 4) is 0 Å². The molecule has 0 aromatic heterocycles. The highest BCUT2D eigenvalue weighted by atomic mass is 127. The average Bonchev–Trinajstić information content (AvgIpc) is 2.32. The number of carbonyl (C=O) groups is 2. The van der Waals surface area contributed by atoms with Crippen LogP contribution < -0.4 is 10.2 Å². The Bertz CT molecular complexity index is 533. The standard InChI is InChI=1S/C13H14ClIN2O2/c1-7(2)12-13(19)17(6-11(18)16-12)10-4-3-8(14)5-9(10)15/h3-5,7,12H,6H2,1-2H3,(H,16,18). The van der Waals surface area contributed by atoms with Crippen molar-refractivity contribution in [2.45, 2.75) is 19.9 Å². The fourth-order valence-electron chi connectivity index (χ4n) is 2.03. The van der Waals surface area contributed by atoms with Gasteiger partial charge in [-0.2, -0.15) is 0 Å². The molecule has 0 spiro atoms. The predicted octanol–water partition coefficient (Wildman–Crippen LogP) is 2.43. The van der Waals surface area contributed by atoms with Crippen LogP contribution in [0.25, 0.3) is 0 Å². The SMILES string of the molecule is CC(C)C1NC(=O)CN(c2ccc(Cl)cc2I)C1=O. The van der Waals surface area contributed by atoms with E-state index in [1.807, 2.05) is 13.8 Å². The molecule has 1 N–H and O–H groups in total. The molecule has 1 aromatic carbocycles. The second kappa shape index (κ2) is 5.66. The second-order valence-corrected chi connectivity index (χ2v) is 6.41. The molecule has 1 aliphatic heterocycles. The summed E-state index contributed by atoms with van der Waals surface area (Å²) in [5.74, 6) is -0.150. The van der Waals surface area contributed by atoms with Crippen molar-refractivity contribution < 1.29 is 9.59 Å². The summed E-state index contributed by atoms with van der Waals surface area (Å²) in [6.07, 6.45) is 0. The number of nitrogens with one attached hydrogen (secondary N) is 1. The third-order valence-corrected chi connectivity index (χ3v) is 4.12. The Hall–Kier alpha value is -0.820. The highest BCUT2D eigenvalue weighted by Crippen LogP contribution is 2.28. The number of piperazine rings is 1. The molecule has 19 heavy (non-hydrogen) atoms. The fourth-order valence-corrected chi connectivity index (χ4v) is 3.19. The number of carbonyl (C=O) groups excluding carboxylic acids is 2. The molecule has 1 heterocycles. The van der Waals surface area contributed by atoms with Gasteiger partial charge in [-0.1, -0.05) is 25.4 Å². The number of halogens is 2. The van der Waals surface area contributed by atoms with Gasteiger partial charge in [0.15, 0.2) is 0 Å². The minimum atomic E-state index is -0.465. The molecular formula is C13H14ClIN2O2. The molecule has 2 rings (SSSR count). The zero-order chi connectivity index (χ0) is 14.2. The van der Waals surface area contributed by atoms with Crippen molar-refractivity contribution in [3.63, 3.8) is 0 Å². The van der Waals surface area contributed by atoms with Crippen molar-refractivity contribution in [1.29, 1.82) is 0 Å². The number of anilines is 1. The average molecular weight is 393 g/mol. The molecule has 1 saturated heterocycles. The van der Waals surface area contributed by atoms with Gasteiger partial charge < -0.3 is 10.2 Å². The van der Waals surface area contributed by atoms with Gasteiger partial charge >= 0.3 is 0 Å². The van der Waals surface area contributed by atoms with Crippen LogP contribution in [-0.4, -0.2) is 24.4 Å². The van der Waals surface area contributed by atoms with Gasteiger partial charge in [0.05, 0.1) is 5.69 Å². The van der Waals surface area contributed by atoms with Crippen LogP contribution >= 0.6 is 34.2 Å². The molecular weight excluding hydrogens is 379 g/mol. The van der Waals surface area contributed by atoms with Crippen LogP contribution in [0.2, 0.25) is 5.02 Å². The molecule has 0 saturated carbocycles. The summed E-state index contributed by atoms with van der Waals surface area (Å²) >= 11 is 8.03. The van der Waals surface area contributed by atoms with E-state index in [4.69, 9.17) is 11.6 Å². The minimum absolute atomic E-state index is 0.0552. The Labute approximate surface area is 130 Å². The maximum absolute atomic E-state index is 12.4. The van der Waals surface area contributed by atoms with E-state index in [1.54, 1.807) is 18.2 Å². The molecule has 0 aliphatic carbocycles. The molecule has 0 radical (unpaired) electrons. The summed E-state index contributed by atoms with van der Waals surface area (Å²) in [6.45, 7) is 3.89. The first-order chi connectivity index (χ1) is 8.90. The fraction of sp³-hybridized carbons (Fsp3) is 0.385. The van der Waals surface area contributed by atoms with E-state index in [2.05, 4.69) is 27.9 Å². The Morgan fingerprint density at radius 2 is 2.11 bits per heavy atom. The van der Waals surface area contributed by atoms with Crippen LogP contribution in [0.3, 0.4) is 0 Å². The van der Waals surface area contributed by atoms with Gasteiger partial charge in [0.25, 0.3) is 0 Å². The van der Waals surface area contributed by atoms with Gasteiger partial charge in [-0.05, 0) is 46.7 Å². The monoisotopic (exact) mass is 392 g/mol. The number of hydrogen-bond acceptors (Lipinski definition) is 2. The topological polar surface area (TPSA) is 49.4 Å². The Morgan fingerprint density at radius 3 is 2.68 bits per heavy atom. The van der Waals surface area contributed by atoms with Gasteiger partial charge in [-0.25, -0.2) is 0 Å². The van der Waals surface area contributed by atoms with Crippen molar-refractivity contribution >= 4 is 51.7 Å². The summed E-state index contributed by atoms with van der Waals surface area (Å²) in [6, 6.07) is 4.82. The van der Waals surface area contributed by atoms with E-state index in [-0.39, 0.29) is 24.3 Å². The first kappa shape index (κ1) is 14.6. The predicted molar refractivity (Wildman–Crippen MR) is 83.3 cm³/mol. The van der Waals surface area contributed by atoms with E-state index in [1.165, 1.54) is 4.90 Å². The summed E-state index contributed by atoms with van der Waals surface area (Å²) in [5, 5.41) is 3.35. The van der Waals surface area contributed by atoms with E-state index in [0.29, 0.717) is 5.02 Å². The molecule has 1 aromatic rings. The van der Waals surface area contributed by atoms with Crippen LogP contribution in [0.5, 0.6) is 0 Å². The number of rotatable bonds is 2. The second-order valence-electron chi connectivity index (χ2n) is 4.81. The van der Waals surface area contributed by atoms with Crippen LogP contribution in [-0.2, 0) is 9.59 Å². The Kier molecular flexibility index (Phi) is 4.35. The summed E-state index contributed by atoms with van der Waals surface area (Å²) in [7, 11) is 0. The van der Waals surface area contributed by atoms with Crippen molar-refractivity contribution in [3.05, 3.63) is 26.8 Å². The highest BCUT2D eigenvalue weighted by Gasteiger charge is 2.35. The molecule has 1 atom stereocenters. The number of hydrogen-bond donors (Lipinski definition) is 1. The van der Waals surface area contributed by atoms with Crippen molar-refractivity contribution in [1.82, 2.24) is 5.32 Å². The highest BCUT2D eigenvalue weighted by molar-refractivity contribution is 14.1. The number of benzene rings is 1.